The second-order valence-corrected chi connectivity index (χ2v) is 6.35. The van der Waals surface area contributed by atoms with Crippen LogP contribution in [0.4, 0.5) is 0 Å². The second kappa shape index (κ2) is 4.89. The summed E-state index contributed by atoms with van der Waals surface area (Å²) in [6, 6.07) is 0. The largest absolute Gasteiger partial charge is 0.396 e. The first-order chi connectivity index (χ1) is 6.85. The van der Waals surface area contributed by atoms with Crippen LogP contribution in [0.2, 0.25) is 0 Å². The van der Waals surface area contributed by atoms with Crippen LogP contribution in [0.25, 0.3) is 0 Å². The topological polar surface area (TPSA) is 20.2 Å². The Labute approximate surface area is 91.7 Å². The van der Waals surface area contributed by atoms with Crippen molar-refractivity contribution in [3.05, 3.63) is 0 Å². The maximum absolute atomic E-state index is 9.26. The predicted octanol–water partition coefficient (Wildman–Crippen LogP) is 2.93. The lowest BCUT2D eigenvalue weighted by atomic mass is 9.68. The zero-order chi connectivity index (χ0) is 9.97. The van der Waals surface area contributed by atoms with Gasteiger partial charge in [-0.05, 0) is 49.2 Å². The van der Waals surface area contributed by atoms with Gasteiger partial charge in [-0.1, -0.05) is 13.3 Å². The van der Waals surface area contributed by atoms with Crippen LogP contribution in [0.5, 0.6) is 0 Å². The quantitative estimate of drug-likeness (QED) is 0.779. The number of hydrogen-bond donors (Lipinski definition) is 1. The van der Waals surface area contributed by atoms with Gasteiger partial charge in [0.1, 0.15) is 0 Å². The molecule has 0 aliphatic heterocycles. The van der Waals surface area contributed by atoms with Gasteiger partial charge in [0.15, 0.2) is 0 Å². The SMILES string of the molecule is CCSC1C2CCCC1CC(CO)C2. The lowest BCUT2D eigenvalue weighted by molar-refractivity contribution is 0.0993. The molecule has 2 unspecified atom stereocenters. The van der Waals surface area contributed by atoms with Gasteiger partial charge in [0.2, 0.25) is 0 Å². The summed E-state index contributed by atoms with van der Waals surface area (Å²) in [5.41, 5.74) is 0. The number of aliphatic hydroxyl groups is 1. The fraction of sp³-hybridized carbons (Fsp3) is 1.00. The molecule has 1 N–H and O–H groups in total. The minimum absolute atomic E-state index is 0.427. The van der Waals surface area contributed by atoms with Crippen molar-refractivity contribution >= 4 is 11.8 Å². The molecule has 0 aromatic rings. The van der Waals surface area contributed by atoms with Crippen LogP contribution >= 0.6 is 11.8 Å². The summed E-state index contributed by atoms with van der Waals surface area (Å²) in [5.74, 6) is 3.73. The summed E-state index contributed by atoms with van der Waals surface area (Å²) in [7, 11) is 0. The summed E-state index contributed by atoms with van der Waals surface area (Å²) < 4.78 is 0. The fourth-order valence-corrected chi connectivity index (χ4v) is 4.85. The summed E-state index contributed by atoms with van der Waals surface area (Å²) in [6.45, 7) is 2.70. The van der Waals surface area contributed by atoms with Gasteiger partial charge in [-0.2, -0.15) is 11.8 Å². The Morgan fingerprint density at radius 2 is 1.86 bits per heavy atom. The van der Waals surface area contributed by atoms with Crippen molar-refractivity contribution < 1.29 is 5.11 Å². The molecular formula is C12H22OS. The van der Waals surface area contributed by atoms with Crippen LogP contribution < -0.4 is 0 Å². The normalized spacial score (nSPS) is 42.4. The highest BCUT2D eigenvalue weighted by Gasteiger charge is 2.39. The third kappa shape index (κ3) is 2.11. The minimum atomic E-state index is 0.427. The van der Waals surface area contributed by atoms with Crippen molar-refractivity contribution in [1.29, 1.82) is 0 Å². The van der Waals surface area contributed by atoms with E-state index in [1.54, 1.807) is 0 Å². The number of aliphatic hydroxyl groups excluding tert-OH is 1. The van der Waals surface area contributed by atoms with E-state index in [9.17, 15) is 5.11 Å². The van der Waals surface area contributed by atoms with Crippen molar-refractivity contribution in [2.24, 2.45) is 17.8 Å². The summed E-state index contributed by atoms with van der Waals surface area (Å²) in [4.78, 5) is 0. The summed E-state index contributed by atoms with van der Waals surface area (Å²) in [5, 5.41) is 10.2. The summed E-state index contributed by atoms with van der Waals surface area (Å²) in [6.07, 6.45) is 6.87. The molecule has 2 atom stereocenters. The average Bonchev–Trinajstić information content (AvgIpc) is 2.17. The van der Waals surface area contributed by atoms with E-state index in [1.807, 2.05) is 0 Å². The molecule has 0 saturated heterocycles. The molecule has 0 aromatic carbocycles. The first-order valence-corrected chi connectivity index (χ1v) is 7.12. The molecule has 0 radical (unpaired) electrons. The number of thioether (sulfide) groups is 1. The Hall–Kier alpha value is 0.310. The van der Waals surface area contributed by atoms with Crippen molar-refractivity contribution in [3.8, 4) is 0 Å². The van der Waals surface area contributed by atoms with Gasteiger partial charge < -0.3 is 5.11 Å². The molecule has 0 aromatic heterocycles. The first kappa shape index (κ1) is 10.8. The van der Waals surface area contributed by atoms with E-state index in [-0.39, 0.29) is 0 Å². The Kier molecular flexibility index (Phi) is 3.78. The highest BCUT2D eigenvalue weighted by molar-refractivity contribution is 7.99. The van der Waals surface area contributed by atoms with Gasteiger partial charge in [-0.25, -0.2) is 0 Å². The second-order valence-electron chi connectivity index (χ2n) is 4.89. The van der Waals surface area contributed by atoms with Crippen LogP contribution in [0.1, 0.15) is 39.0 Å². The van der Waals surface area contributed by atoms with E-state index in [4.69, 9.17) is 0 Å². The van der Waals surface area contributed by atoms with E-state index in [0.29, 0.717) is 12.5 Å². The molecular weight excluding hydrogens is 192 g/mol. The summed E-state index contributed by atoms with van der Waals surface area (Å²) >= 11 is 2.18. The molecule has 2 aliphatic carbocycles. The molecule has 2 fully saturated rings. The molecule has 82 valence electrons. The molecule has 2 heteroatoms. The van der Waals surface area contributed by atoms with E-state index >= 15 is 0 Å². The minimum Gasteiger partial charge on any atom is -0.396 e. The molecule has 2 bridgehead atoms. The van der Waals surface area contributed by atoms with Gasteiger partial charge in [-0.15, -0.1) is 0 Å². The maximum atomic E-state index is 9.26. The van der Waals surface area contributed by atoms with E-state index in [0.717, 1.165) is 17.1 Å². The van der Waals surface area contributed by atoms with Crippen LogP contribution in [0, 0.1) is 17.8 Å². The van der Waals surface area contributed by atoms with Crippen molar-refractivity contribution in [2.75, 3.05) is 12.4 Å². The highest BCUT2D eigenvalue weighted by atomic mass is 32.2. The fourth-order valence-electron chi connectivity index (χ4n) is 3.43. The van der Waals surface area contributed by atoms with Crippen LogP contribution in [0.15, 0.2) is 0 Å². The van der Waals surface area contributed by atoms with Gasteiger partial charge in [-0.3, -0.25) is 0 Å². The van der Waals surface area contributed by atoms with Crippen LogP contribution in [0.3, 0.4) is 0 Å². The third-order valence-electron chi connectivity index (χ3n) is 3.97. The molecule has 0 spiro atoms. The standard InChI is InChI=1S/C12H22OS/c1-2-14-12-10-4-3-5-11(12)7-9(6-10)8-13/h9-13H,2-8H2,1H3. The molecule has 2 saturated carbocycles. The average molecular weight is 214 g/mol. The smallest absolute Gasteiger partial charge is 0.0459 e. The number of rotatable bonds is 3. The lowest BCUT2D eigenvalue weighted by Crippen LogP contribution is -2.39. The Bertz CT molecular complexity index is 169. The Balaban J connectivity index is 1.99. The van der Waals surface area contributed by atoms with Crippen molar-refractivity contribution in [3.63, 3.8) is 0 Å². The molecule has 2 aliphatic rings. The van der Waals surface area contributed by atoms with E-state index in [1.165, 1.54) is 37.9 Å². The molecule has 0 heterocycles. The zero-order valence-corrected chi connectivity index (χ0v) is 9.93. The number of hydrogen-bond acceptors (Lipinski definition) is 2. The Morgan fingerprint density at radius 1 is 1.21 bits per heavy atom. The van der Waals surface area contributed by atoms with Crippen LogP contribution in [-0.2, 0) is 0 Å². The van der Waals surface area contributed by atoms with Gasteiger partial charge >= 0.3 is 0 Å². The van der Waals surface area contributed by atoms with Gasteiger partial charge in [0.05, 0.1) is 0 Å². The van der Waals surface area contributed by atoms with Gasteiger partial charge in [0, 0.05) is 11.9 Å². The van der Waals surface area contributed by atoms with E-state index < -0.39 is 0 Å². The Morgan fingerprint density at radius 3 is 2.36 bits per heavy atom. The molecule has 1 nitrogen and oxygen atoms in total. The van der Waals surface area contributed by atoms with Gasteiger partial charge in [0.25, 0.3) is 0 Å². The monoisotopic (exact) mass is 214 g/mol. The third-order valence-corrected chi connectivity index (χ3v) is 5.46. The van der Waals surface area contributed by atoms with Crippen molar-refractivity contribution in [2.45, 2.75) is 44.3 Å². The first-order valence-electron chi connectivity index (χ1n) is 6.07. The highest BCUT2D eigenvalue weighted by Crippen LogP contribution is 2.47. The predicted molar refractivity (Wildman–Crippen MR) is 62.6 cm³/mol. The number of fused-ring (bicyclic) bond motifs is 2. The zero-order valence-electron chi connectivity index (χ0n) is 9.11. The maximum Gasteiger partial charge on any atom is 0.0459 e. The lowest BCUT2D eigenvalue weighted by Gasteiger charge is -2.45. The molecule has 0 amide bonds. The van der Waals surface area contributed by atoms with E-state index in [2.05, 4.69) is 18.7 Å². The van der Waals surface area contributed by atoms with Crippen LogP contribution in [-0.4, -0.2) is 22.7 Å². The van der Waals surface area contributed by atoms with Crippen molar-refractivity contribution in [1.82, 2.24) is 0 Å². The molecule has 2 rings (SSSR count). The molecule has 14 heavy (non-hydrogen) atoms.